The lowest BCUT2D eigenvalue weighted by Crippen LogP contribution is -2.56. The lowest BCUT2D eigenvalue weighted by atomic mass is 10.1. The number of ether oxygens (including phenoxy) is 4. The number of carbonyl (C=O) groups is 4. The van der Waals surface area contributed by atoms with Crippen LogP contribution in [0.1, 0.15) is 6.42 Å². The van der Waals surface area contributed by atoms with E-state index in [0.29, 0.717) is 0 Å². The van der Waals surface area contributed by atoms with E-state index >= 15 is 0 Å². The van der Waals surface area contributed by atoms with E-state index in [2.05, 4.69) is 24.3 Å². The summed E-state index contributed by atoms with van der Waals surface area (Å²) in [5.74, 6) is -3.81. The molecule has 0 spiro atoms. The first-order valence-corrected chi connectivity index (χ1v) is 6.06. The van der Waals surface area contributed by atoms with Crippen molar-refractivity contribution in [2.24, 2.45) is 0 Å². The molecule has 0 rings (SSSR count). The van der Waals surface area contributed by atoms with Crippen molar-refractivity contribution < 1.29 is 43.2 Å². The van der Waals surface area contributed by atoms with Crippen molar-refractivity contribution in [2.75, 3.05) is 28.4 Å². The number of aliphatic hydroxyl groups excluding tert-OH is 1. The molecule has 0 saturated heterocycles. The number of hydrogen-bond acceptors (Lipinski definition) is 10. The van der Waals surface area contributed by atoms with Crippen molar-refractivity contribution in [2.45, 2.75) is 24.6 Å². The van der Waals surface area contributed by atoms with Crippen molar-refractivity contribution >= 4 is 23.9 Å². The van der Waals surface area contributed by atoms with E-state index in [1.54, 1.807) is 0 Å². The van der Waals surface area contributed by atoms with E-state index in [9.17, 15) is 24.3 Å². The fraction of sp³-hybridized carbons (Fsp3) is 0.667. The van der Waals surface area contributed by atoms with Crippen LogP contribution in [0.25, 0.3) is 0 Å². The minimum atomic E-state index is -1.94. The first-order chi connectivity index (χ1) is 10.3. The second-order valence-corrected chi connectivity index (χ2v) is 3.99. The van der Waals surface area contributed by atoms with Crippen LogP contribution in [0.2, 0.25) is 0 Å². The Morgan fingerprint density at radius 3 is 1.77 bits per heavy atom. The maximum atomic E-state index is 11.7. The van der Waals surface area contributed by atoms with Crippen LogP contribution in [0.15, 0.2) is 0 Å². The molecule has 126 valence electrons. The minimum absolute atomic E-state index is 0.482. The van der Waals surface area contributed by atoms with Gasteiger partial charge in [-0.2, -0.15) is 0 Å². The lowest BCUT2D eigenvalue weighted by Gasteiger charge is -2.24. The molecule has 0 aromatic carbocycles. The first kappa shape index (κ1) is 19.8. The lowest BCUT2D eigenvalue weighted by molar-refractivity contribution is -0.162. The van der Waals surface area contributed by atoms with E-state index < -0.39 is 48.5 Å². The average Bonchev–Trinajstić information content (AvgIpc) is 2.55. The zero-order chi connectivity index (χ0) is 17.3. The van der Waals surface area contributed by atoms with Gasteiger partial charge in [0.25, 0.3) is 0 Å². The quantitative estimate of drug-likeness (QED) is 0.372. The third kappa shape index (κ3) is 5.66. The molecule has 22 heavy (non-hydrogen) atoms. The zero-order valence-electron chi connectivity index (χ0n) is 12.7. The van der Waals surface area contributed by atoms with Gasteiger partial charge in [-0.15, -0.1) is 0 Å². The maximum Gasteiger partial charge on any atom is 0.336 e. The SMILES string of the molecule is COC(=O)CC(NC(C(=O)OC)C(O)C(=O)OC)C(=O)OC. The summed E-state index contributed by atoms with van der Waals surface area (Å²) in [6.45, 7) is 0. The van der Waals surface area contributed by atoms with Crippen LogP contribution >= 0.6 is 0 Å². The van der Waals surface area contributed by atoms with E-state index in [4.69, 9.17) is 0 Å². The van der Waals surface area contributed by atoms with E-state index in [1.165, 1.54) is 0 Å². The molecule has 0 saturated carbocycles. The second kappa shape index (κ2) is 9.68. The minimum Gasteiger partial charge on any atom is -0.469 e. The van der Waals surface area contributed by atoms with E-state index in [0.717, 1.165) is 28.4 Å². The van der Waals surface area contributed by atoms with Gasteiger partial charge in [-0.25, -0.2) is 4.79 Å². The number of methoxy groups -OCH3 is 4. The highest BCUT2D eigenvalue weighted by Gasteiger charge is 2.38. The molecule has 10 heteroatoms. The molecule has 0 aromatic rings. The third-order valence-electron chi connectivity index (χ3n) is 2.68. The summed E-state index contributed by atoms with van der Waals surface area (Å²) >= 11 is 0. The molecule has 3 unspecified atom stereocenters. The molecule has 0 amide bonds. The Morgan fingerprint density at radius 2 is 1.36 bits per heavy atom. The number of hydrogen-bond donors (Lipinski definition) is 2. The smallest absolute Gasteiger partial charge is 0.336 e. The topological polar surface area (TPSA) is 137 Å². The molecule has 0 aromatic heterocycles. The van der Waals surface area contributed by atoms with Gasteiger partial charge < -0.3 is 24.1 Å². The highest BCUT2D eigenvalue weighted by atomic mass is 16.5. The van der Waals surface area contributed by atoms with Crippen molar-refractivity contribution in [3.8, 4) is 0 Å². The highest BCUT2D eigenvalue weighted by molar-refractivity contribution is 5.88. The van der Waals surface area contributed by atoms with Crippen molar-refractivity contribution in [1.29, 1.82) is 0 Å². The second-order valence-electron chi connectivity index (χ2n) is 3.99. The van der Waals surface area contributed by atoms with Gasteiger partial charge in [0.15, 0.2) is 6.10 Å². The molecule has 0 radical (unpaired) electrons. The number of esters is 4. The maximum absolute atomic E-state index is 11.7. The van der Waals surface area contributed by atoms with Gasteiger partial charge in [-0.05, 0) is 0 Å². The summed E-state index contributed by atoms with van der Waals surface area (Å²) in [5.41, 5.74) is 0. The molecular weight excluding hydrogens is 302 g/mol. The van der Waals surface area contributed by atoms with Gasteiger partial charge in [0, 0.05) is 0 Å². The number of rotatable bonds is 8. The molecule has 0 aliphatic rings. The average molecular weight is 321 g/mol. The molecule has 10 nitrogen and oxygen atoms in total. The summed E-state index contributed by atoms with van der Waals surface area (Å²) < 4.78 is 17.6. The van der Waals surface area contributed by atoms with Gasteiger partial charge in [-0.3, -0.25) is 19.7 Å². The summed E-state index contributed by atoms with van der Waals surface area (Å²) in [5, 5.41) is 12.1. The van der Waals surface area contributed by atoms with Gasteiger partial charge in [-0.1, -0.05) is 0 Å². The standard InChI is InChI=1S/C12H19NO9/c1-19-7(14)5-6(10(16)20-2)13-8(11(17)21-3)9(15)12(18)22-4/h6,8-9,13,15H,5H2,1-4H3. The molecule has 3 atom stereocenters. The summed E-state index contributed by atoms with van der Waals surface area (Å²) in [4.78, 5) is 45.9. The number of carbonyl (C=O) groups excluding carboxylic acids is 4. The molecule has 2 N–H and O–H groups in total. The van der Waals surface area contributed by atoms with Crippen molar-refractivity contribution in [3.05, 3.63) is 0 Å². The Morgan fingerprint density at radius 1 is 0.864 bits per heavy atom. The molecule has 0 aliphatic heterocycles. The third-order valence-corrected chi connectivity index (χ3v) is 2.68. The van der Waals surface area contributed by atoms with Gasteiger partial charge >= 0.3 is 23.9 Å². The fourth-order valence-electron chi connectivity index (χ4n) is 1.49. The summed E-state index contributed by atoms with van der Waals surface area (Å²) in [6, 6.07) is -2.97. The van der Waals surface area contributed by atoms with Crippen LogP contribution in [-0.4, -0.2) is 75.6 Å². The Bertz CT molecular complexity index is 423. The highest BCUT2D eigenvalue weighted by Crippen LogP contribution is 2.05. The predicted molar refractivity (Wildman–Crippen MR) is 69.4 cm³/mol. The van der Waals surface area contributed by atoms with Gasteiger partial charge in [0.2, 0.25) is 0 Å². The van der Waals surface area contributed by atoms with E-state index in [-0.39, 0.29) is 0 Å². The van der Waals surface area contributed by atoms with Crippen LogP contribution in [-0.2, 0) is 38.1 Å². The van der Waals surface area contributed by atoms with Crippen LogP contribution in [0.3, 0.4) is 0 Å². The normalized spacial score (nSPS) is 14.2. The predicted octanol–water partition coefficient (Wildman–Crippen LogP) is -2.24. The summed E-state index contributed by atoms with van der Waals surface area (Å²) in [6.07, 6.45) is -2.42. The molecule has 0 heterocycles. The molecule has 0 fully saturated rings. The van der Waals surface area contributed by atoms with Gasteiger partial charge in [0.05, 0.1) is 34.9 Å². The molecule has 0 aliphatic carbocycles. The molecule has 0 bridgehead atoms. The first-order valence-electron chi connectivity index (χ1n) is 6.06. The van der Waals surface area contributed by atoms with Crippen LogP contribution in [0.5, 0.6) is 0 Å². The zero-order valence-corrected chi connectivity index (χ0v) is 12.7. The Labute approximate surface area is 126 Å². The van der Waals surface area contributed by atoms with Crippen molar-refractivity contribution in [1.82, 2.24) is 5.32 Å². The Kier molecular flexibility index (Phi) is 8.72. The monoisotopic (exact) mass is 321 g/mol. The number of nitrogens with one attached hydrogen (secondary N) is 1. The summed E-state index contributed by atoms with van der Waals surface area (Å²) in [7, 11) is 4.20. The van der Waals surface area contributed by atoms with Crippen LogP contribution in [0, 0.1) is 0 Å². The van der Waals surface area contributed by atoms with Crippen molar-refractivity contribution in [3.63, 3.8) is 0 Å². The van der Waals surface area contributed by atoms with Crippen LogP contribution < -0.4 is 5.32 Å². The Hall–Kier alpha value is -2.20. The Balaban J connectivity index is 5.26. The fourth-order valence-corrected chi connectivity index (χ4v) is 1.49. The van der Waals surface area contributed by atoms with Gasteiger partial charge in [0.1, 0.15) is 12.1 Å². The van der Waals surface area contributed by atoms with E-state index in [1.807, 2.05) is 0 Å². The molecular formula is C12H19NO9. The number of aliphatic hydroxyl groups is 1. The largest absolute Gasteiger partial charge is 0.469 e. The van der Waals surface area contributed by atoms with Crippen LogP contribution in [0.4, 0.5) is 0 Å².